The minimum atomic E-state index is 0.177. The van der Waals surface area contributed by atoms with Crippen molar-refractivity contribution < 1.29 is 4.74 Å². The summed E-state index contributed by atoms with van der Waals surface area (Å²) in [7, 11) is 1.65. The topological polar surface area (TPSA) is 47.3 Å². The van der Waals surface area contributed by atoms with Gasteiger partial charge in [-0.2, -0.15) is 0 Å². The van der Waals surface area contributed by atoms with Crippen molar-refractivity contribution >= 4 is 0 Å². The fourth-order valence-corrected chi connectivity index (χ4v) is 0.989. The summed E-state index contributed by atoms with van der Waals surface area (Å²) in [6.45, 7) is 2.00. The number of rotatable bonds is 3. The molecule has 0 bridgehead atoms. The molecule has 1 rings (SSSR count). The molecule has 1 aromatic carbocycles. The van der Waals surface area contributed by atoms with Gasteiger partial charge in [0.25, 0.3) is 0 Å². The van der Waals surface area contributed by atoms with E-state index >= 15 is 0 Å². The van der Waals surface area contributed by atoms with Crippen LogP contribution in [0.4, 0.5) is 0 Å². The van der Waals surface area contributed by atoms with E-state index in [2.05, 4.69) is 5.43 Å². The second-order valence-corrected chi connectivity index (χ2v) is 2.66. The van der Waals surface area contributed by atoms with Gasteiger partial charge in [0.05, 0.1) is 7.11 Å². The number of ether oxygens (including phenoxy) is 1. The number of hydrogen-bond donors (Lipinski definition) is 2. The van der Waals surface area contributed by atoms with E-state index in [-0.39, 0.29) is 6.04 Å². The van der Waals surface area contributed by atoms with Crippen LogP contribution in [0.2, 0.25) is 0 Å². The Labute approximate surface area is 72.5 Å². The molecule has 0 saturated heterocycles. The molecule has 0 heterocycles. The Morgan fingerprint density at radius 3 is 2.33 bits per heavy atom. The predicted molar refractivity (Wildman–Crippen MR) is 48.7 cm³/mol. The average molecular weight is 166 g/mol. The lowest BCUT2D eigenvalue weighted by Gasteiger charge is -2.10. The molecule has 3 N–H and O–H groups in total. The van der Waals surface area contributed by atoms with E-state index in [1.54, 1.807) is 7.11 Å². The molecule has 0 amide bonds. The molecule has 0 saturated carbocycles. The molecular weight excluding hydrogens is 152 g/mol. The van der Waals surface area contributed by atoms with Crippen LogP contribution in [0.15, 0.2) is 24.3 Å². The van der Waals surface area contributed by atoms with Crippen LogP contribution in [-0.4, -0.2) is 7.11 Å². The molecule has 0 aliphatic rings. The van der Waals surface area contributed by atoms with E-state index < -0.39 is 0 Å². The highest BCUT2D eigenvalue weighted by Gasteiger charge is 2.01. The summed E-state index contributed by atoms with van der Waals surface area (Å²) < 4.78 is 5.03. The van der Waals surface area contributed by atoms with Gasteiger partial charge in [-0.1, -0.05) is 12.1 Å². The summed E-state index contributed by atoms with van der Waals surface area (Å²) in [5, 5.41) is 0. The third kappa shape index (κ3) is 1.96. The number of benzene rings is 1. The fourth-order valence-electron chi connectivity index (χ4n) is 0.989. The molecule has 0 fully saturated rings. The molecule has 0 aliphatic carbocycles. The Morgan fingerprint density at radius 1 is 1.33 bits per heavy atom. The van der Waals surface area contributed by atoms with Gasteiger partial charge in [-0.05, 0) is 24.6 Å². The van der Waals surface area contributed by atoms with Crippen LogP contribution in [0.5, 0.6) is 5.75 Å². The average Bonchev–Trinajstić information content (AvgIpc) is 2.17. The highest BCUT2D eigenvalue weighted by atomic mass is 16.5. The molecule has 1 unspecified atom stereocenters. The summed E-state index contributed by atoms with van der Waals surface area (Å²) in [5.41, 5.74) is 3.83. The monoisotopic (exact) mass is 166 g/mol. The number of hydrogen-bond acceptors (Lipinski definition) is 3. The minimum absolute atomic E-state index is 0.177. The summed E-state index contributed by atoms with van der Waals surface area (Å²) in [6, 6.07) is 8.00. The summed E-state index contributed by atoms with van der Waals surface area (Å²) in [4.78, 5) is 0. The van der Waals surface area contributed by atoms with Gasteiger partial charge in [-0.15, -0.1) is 0 Å². The van der Waals surface area contributed by atoms with Crippen LogP contribution < -0.4 is 16.0 Å². The third-order valence-electron chi connectivity index (χ3n) is 1.87. The highest BCUT2D eigenvalue weighted by molar-refractivity contribution is 5.28. The number of hydrazine groups is 1. The highest BCUT2D eigenvalue weighted by Crippen LogP contribution is 2.16. The largest absolute Gasteiger partial charge is 0.497 e. The molecule has 0 radical (unpaired) electrons. The molecular formula is C9H14N2O. The van der Waals surface area contributed by atoms with Crippen molar-refractivity contribution in [1.82, 2.24) is 5.43 Å². The van der Waals surface area contributed by atoms with Crippen LogP contribution in [0.1, 0.15) is 18.5 Å². The van der Waals surface area contributed by atoms with E-state index in [1.807, 2.05) is 31.2 Å². The van der Waals surface area contributed by atoms with Crippen molar-refractivity contribution in [3.8, 4) is 5.75 Å². The van der Waals surface area contributed by atoms with E-state index in [9.17, 15) is 0 Å². The first kappa shape index (κ1) is 9.03. The van der Waals surface area contributed by atoms with Gasteiger partial charge >= 0.3 is 0 Å². The zero-order valence-electron chi connectivity index (χ0n) is 7.37. The van der Waals surface area contributed by atoms with Crippen LogP contribution in [0, 0.1) is 0 Å². The maximum absolute atomic E-state index is 5.29. The van der Waals surface area contributed by atoms with E-state index in [0.29, 0.717) is 0 Å². The lowest BCUT2D eigenvalue weighted by Crippen LogP contribution is -2.25. The first-order valence-corrected chi connectivity index (χ1v) is 3.88. The third-order valence-corrected chi connectivity index (χ3v) is 1.87. The van der Waals surface area contributed by atoms with Gasteiger partial charge in [0.1, 0.15) is 5.75 Å². The maximum Gasteiger partial charge on any atom is 0.118 e. The minimum Gasteiger partial charge on any atom is -0.497 e. The molecule has 66 valence electrons. The zero-order chi connectivity index (χ0) is 8.97. The molecule has 3 heteroatoms. The standard InChI is InChI=1S/C9H14N2O/c1-7(11-10)8-3-5-9(12-2)6-4-8/h3-7,11H,10H2,1-2H3. The first-order valence-electron chi connectivity index (χ1n) is 3.88. The Hall–Kier alpha value is -1.06. The van der Waals surface area contributed by atoms with Crippen molar-refractivity contribution in [3.05, 3.63) is 29.8 Å². The SMILES string of the molecule is COc1ccc(C(C)NN)cc1. The Balaban J connectivity index is 2.77. The Kier molecular flexibility index (Phi) is 3.08. The van der Waals surface area contributed by atoms with Gasteiger partial charge in [-0.25, -0.2) is 0 Å². The van der Waals surface area contributed by atoms with Crippen molar-refractivity contribution in [3.63, 3.8) is 0 Å². The summed E-state index contributed by atoms with van der Waals surface area (Å²) >= 11 is 0. The van der Waals surface area contributed by atoms with Gasteiger partial charge in [0.2, 0.25) is 0 Å². The number of nitrogens with two attached hydrogens (primary N) is 1. The van der Waals surface area contributed by atoms with E-state index in [1.165, 1.54) is 0 Å². The van der Waals surface area contributed by atoms with Crippen LogP contribution in [-0.2, 0) is 0 Å². The number of nitrogens with one attached hydrogen (secondary N) is 1. The van der Waals surface area contributed by atoms with Gasteiger partial charge in [-0.3, -0.25) is 11.3 Å². The zero-order valence-corrected chi connectivity index (χ0v) is 7.37. The number of methoxy groups -OCH3 is 1. The van der Waals surface area contributed by atoms with E-state index in [4.69, 9.17) is 10.6 Å². The van der Waals surface area contributed by atoms with Crippen molar-refractivity contribution in [1.29, 1.82) is 0 Å². The van der Waals surface area contributed by atoms with Crippen LogP contribution in [0.3, 0.4) is 0 Å². The molecule has 0 aliphatic heterocycles. The molecule has 0 spiro atoms. The maximum atomic E-state index is 5.29. The van der Waals surface area contributed by atoms with Crippen LogP contribution >= 0.6 is 0 Å². The quantitative estimate of drug-likeness (QED) is 0.524. The van der Waals surface area contributed by atoms with Crippen molar-refractivity contribution in [2.75, 3.05) is 7.11 Å². The fraction of sp³-hybridized carbons (Fsp3) is 0.333. The van der Waals surface area contributed by atoms with Crippen molar-refractivity contribution in [2.45, 2.75) is 13.0 Å². The van der Waals surface area contributed by atoms with Gasteiger partial charge in [0.15, 0.2) is 0 Å². The van der Waals surface area contributed by atoms with Gasteiger partial charge < -0.3 is 4.74 Å². The second kappa shape index (κ2) is 4.09. The molecule has 0 aromatic heterocycles. The summed E-state index contributed by atoms with van der Waals surface area (Å²) in [5.74, 6) is 6.16. The smallest absolute Gasteiger partial charge is 0.118 e. The Bertz CT molecular complexity index is 233. The molecule has 1 atom stereocenters. The predicted octanol–water partition coefficient (Wildman–Crippen LogP) is 1.22. The lowest BCUT2D eigenvalue weighted by atomic mass is 10.1. The lowest BCUT2D eigenvalue weighted by molar-refractivity contribution is 0.414. The summed E-state index contributed by atoms with van der Waals surface area (Å²) in [6.07, 6.45) is 0. The van der Waals surface area contributed by atoms with Crippen molar-refractivity contribution in [2.24, 2.45) is 5.84 Å². The second-order valence-electron chi connectivity index (χ2n) is 2.66. The van der Waals surface area contributed by atoms with Crippen LogP contribution in [0.25, 0.3) is 0 Å². The molecule has 3 nitrogen and oxygen atoms in total. The van der Waals surface area contributed by atoms with Gasteiger partial charge in [0, 0.05) is 6.04 Å². The molecule has 1 aromatic rings. The molecule has 12 heavy (non-hydrogen) atoms. The Morgan fingerprint density at radius 2 is 1.92 bits per heavy atom. The first-order chi connectivity index (χ1) is 5.77. The normalized spacial score (nSPS) is 12.6. The van der Waals surface area contributed by atoms with E-state index in [0.717, 1.165) is 11.3 Å².